The van der Waals surface area contributed by atoms with Crippen molar-refractivity contribution in [1.29, 1.82) is 0 Å². The van der Waals surface area contributed by atoms with Crippen LogP contribution in [-0.4, -0.2) is 19.9 Å². The van der Waals surface area contributed by atoms with Gasteiger partial charge in [0.15, 0.2) is 0 Å². The third-order valence-corrected chi connectivity index (χ3v) is 5.36. The number of nitrogens with zero attached hydrogens (tertiary/aromatic N) is 6. The van der Waals surface area contributed by atoms with E-state index in [1.807, 2.05) is 72.8 Å². The predicted molar refractivity (Wildman–Crippen MR) is 137 cm³/mol. The molecule has 0 aromatic carbocycles. The summed E-state index contributed by atoms with van der Waals surface area (Å²) in [6.07, 6.45) is 7.19. The quantitative estimate of drug-likeness (QED) is 0.233. The van der Waals surface area contributed by atoms with Gasteiger partial charge in [-0.3, -0.25) is 19.9 Å². The van der Waals surface area contributed by atoms with E-state index in [0.29, 0.717) is 0 Å². The molecule has 0 amide bonds. The molecule has 0 saturated heterocycles. The molecule has 7 heteroatoms. The molecule has 4 heterocycles. The largest absolute Gasteiger partial charge is 2.00 e. The van der Waals surface area contributed by atoms with E-state index in [9.17, 15) is 0 Å². The van der Waals surface area contributed by atoms with Crippen LogP contribution in [-0.2, 0) is 17.1 Å². The fourth-order valence-electron chi connectivity index (χ4n) is 3.47. The van der Waals surface area contributed by atoms with Gasteiger partial charge in [0.1, 0.15) is 0 Å². The SMILES string of the molecule is CC([N-]C(C)c1ccccn1)c1ccccn1.CC([N-]C(C)c1ccccn1)c1ccccn1.[Fe+2]. The second kappa shape index (κ2) is 15.1. The first-order chi connectivity index (χ1) is 16.5. The Morgan fingerprint density at radius 2 is 0.657 bits per heavy atom. The summed E-state index contributed by atoms with van der Waals surface area (Å²) in [4.78, 5) is 17.2. The van der Waals surface area contributed by atoms with Crippen molar-refractivity contribution in [3.05, 3.63) is 131 Å². The zero-order chi connectivity index (χ0) is 24.2. The van der Waals surface area contributed by atoms with E-state index in [-0.39, 0.29) is 41.2 Å². The summed E-state index contributed by atoms with van der Waals surface area (Å²) in [6.45, 7) is 8.23. The third-order valence-electron chi connectivity index (χ3n) is 5.36. The van der Waals surface area contributed by atoms with Crippen LogP contribution in [0.3, 0.4) is 0 Å². The van der Waals surface area contributed by atoms with Crippen molar-refractivity contribution in [3.8, 4) is 0 Å². The van der Waals surface area contributed by atoms with Gasteiger partial charge in [-0.25, -0.2) is 0 Å². The Balaban J connectivity index is 0.000000240. The van der Waals surface area contributed by atoms with E-state index >= 15 is 0 Å². The van der Waals surface area contributed by atoms with Gasteiger partial charge >= 0.3 is 17.1 Å². The molecular formula is C28H32FeN6. The molecule has 4 aromatic heterocycles. The van der Waals surface area contributed by atoms with E-state index in [2.05, 4.69) is 47.6 Å². The third kappa shape index (κ3) is 9.30. The number of hydrogen-bond acceptors (Lipinski definition) is 4. The van der Waals surface area contributed by atoms with Gasteiger partial charge in [-0.05, 0) is 48.5 Å². The molecule has 0 bridgehead atoms. The average molecular weight is 508 g/mol. The van der Waals surface area contributed by atoms with Crippen molar-refractivity contribution < 1.29 is 17.1 Å². The molecule has 4 atom stereocenters. The van der Waals surface area contributed by atoms with Crippen molar-refractivity contribution in [2.45, 2.75) is 51.9 Å². The Morgan fingerprint density at radius 3 is 0.829 bits per heavy atom. The monoisotopic (exact) mass is 508 g/mol. The molecule has 0 aliphatic rings. The molecule has 6 nitrogen and oxygen atoms in total. The van der Waals surface area contributed by atoms with Crippen LogP contribution in [0.25, 0.3) is 10.6 Å². The maximum atomic E-state index is 4.69. The average Bonchev–Trinajstić information content (AvgIpc) is 2.91. The van der Waals surface area contributed by atoms with E-state index < -0.39 is 0 Å². The van der Waals surface area contributed by atoms with Crippen LogP contribution in [0, 0.1) is 0 Å². The van der Waals surface area contributed by atoms with E-state index in [1.54, 1.807) is 24.8 Å². The van der Waals surface area contributed by atoms with Crippen molar-refractivity contribution >= 4 is 0 Å². The van der Waals surface area contributed by atoms with Crippen molar-refractivity contribution in [3.63, 3.8) is 0 Å². The van der Waals surface area contributed by atoms with Gasteiger partial charge in [-0.15, -0.1) is 0 Å². The Hall–Kier alpha value is -2.96. The molecule has 4 rings (SSSR count). The Morgan fingerprint density at radius 1 is 0.429 bits per heavy atom. The molecule has 0 spiro atoms. The Kier molecular flexibility index (Phi) is 12.2. The topological polar surface area (TPSA) is 79.8 Å². The molecule has 0 aliphatic heterocycles. The van der Waals surface area contributed by atoms with Gasteiger partial charge in [-0.1, -0.05) is 76.1 Å². The first-order valence-corrected chi connectivity index (χ1v) is 11.6. The molecule has 0 fully saturated rings. The van der Waals surface area contributed by atoms with Gasteiger partial charge in [0.25, 0.3) is 0 Å². The van der Waals surface area contributed by atoms with Crippen LogP contribution < -0.4 is 0 Å². The molecule has 35 heavy (non-hydrogen) atoms. The van der Waals surface area contributed by atoms with Gasteiger partial charge < -0.3 is 10.6 Å². The second-order valence-electron chi connectivity index (χ2n) is 8.02. The van der Waals surface area contributed by atoms with Crippen LogP contribution in [0.5, 0.6) is 0 Å². The van der Waals surface area contributed by atoms with Crippen molar-refractivity contribution in [2.75, 3.05) is 0 Å². The molecular weight excluding hydrogens is 476 g/mol. The summed E-state index contributed by atoms with van der Waals surface area (Å²) in [5.74, 6) is 0. The molecule has 0 N–H and O–H groups in total. The van der Waals surface area contributed by atoms with E-state index in [4.69, 9.17) is 10.6 Å². The first-order valence-electron chi connectivity index (χ1n) is 11.6. The fraction of sp³-hybridized carbons (Fsp3) is 0.286. The van der Waals surface area contributed by atoms with Crippen LogP contribution in [0.1, 0.15) is 74.6 Å². The number of rotatable bonds is 8. The van der Waals surface area contributed by atoms with Crippen LogP contribution in [0.15, 0.2) is 97.6 Å². The fourth-order valence-corrected chi connectivity index (χ4v) is 3.47. The van der Waals surface area contributed by atoms with Crippen molar-refractivity contribution in [2.24, 2.45) is 0 Å². The molecule has 182 valence electrons. The molecule has 0 saturated carbocycles. The number of hydrogen-bond donors (Lipinski definition) is 0. The van der Waals surface area contributed by atoms with Gasteiger partial charge in [-0.2, -0.15) is 0 Å². The Bertz CT molecular complexity index is 892. The van der Waals surface area contributed by atoms with Crippen LogP contribution >= 0.6 is 0 Å². The molecule has 0 radical (unpaired) electrons. The number of aromatic nitrogens is 4. The van der Waals surface area contributed by atoms with Crippen LogP contribution in [0.2, 0.25) is 0 Å². The molecule has 4 unspecified atom stereocenters. The summed E-state index contributed by atoms with van der Waals surface area (Å²) in [6, 6.07) is 24.0. The van der Waals surface area contributed by atoms with Gasteiger partial charge in [0.05, 0.1) is 0 Å². The van der Waals surface area contributed by atoms with Gasteiger partial charge in [0.2, 0.25) is 0 Å². The number of pyridine rings is 4. The summed E-state index contributed by atoms with van der Waals surface area (Å²) in [5.41, 5.74) is 3.98. The molecule has 0 aliphatic carbocycles. The minimum absolute atomic E-state index is 0. The Labute approximate surface area is 219 Å². The zero-order valence-corrected chi connectivity index (χ0v) is 21.7. The zero-order valence-electron chi connectivity index (χ0n) is 20.6. The minimum Gasteiger partial charge on any atom is -0.647 e. The van der Waals surface area contributed by atoms with Gasteiger partial charge in [0, 0.05) is 47.6 Å². The van der Waals surface area contributed by atoms with Crippen LogP contribution in [0.4, 0.5) is 0 Å². The summed E-state index contributed by atoms with van der Waals surface area (Å²) in [7, 11) is 0. The minimum atomic E-state index is 0. The first kappa shape index (κ1) is 28.3. The summed E-state index contributed by atoms with van der Waals surface area (Å²) < 4.78 is 0. The summed E-state index contributed by atoms with van der Waals surface area (Å²) >= 11 is 0. The standard InChI is InChI=1S/2C14H16N3.Fe/c2*1-11(13-7-3-5-9-15-13)17-12(2)14-8-4-6-10-16-14;/h2*3-12H,1-2H3;/q2*-1;+2. The second-order valence-corrected chi connectivity index (χ2v) is 8.02. The maximum Gasteiger partial charge on any atom is 2.00 e. The normalized spacial score (nSPS) is 13.8. The molecule has 4 aromatic rings. The van der Waals surface area contributed by atoms with E-state index in [1.165, 1.54) is 0 Å². The summed E-state index contributed by atoms with van der Waals surface area (Å²) in [5, 5.41) is 9.38. The predicted octanol–water partition coefficient (Wildman–Crippen LogP) is 7.34. The van der Waals surface area contributed by atoms with Crippen molar-refractivity contribution in [1.82, 2.24) is 19.9 Å². The smallest absolute Gasteiger partial charge is 0.647 e. The maximum absolute atomic E-state index is 4.69. The van der Waals surface area contributed by atoms with E-state index in [0.717, 1.165) is 22.8 Å².